The molecule has 4 nitrogen and oxygen atoms in total. The van der Waals surface area contributed by atoms with E-state index in [2.05, 4.69) is 10.3 Å². The maximum Gasteiger partial charge on any atom is 0.261 e. The molecule has 0 aliphatic heterocycles. The first-order valence-corrected chi connectivity index (χ1v) is 5.97. The topological polar surface area (TPSA) is 54.1 Å². The normalized spacial score (nSPS) is 11.9. The molecule has 0 aliphatic carbocycles. The van der Waals surface area contributed by atoms with Crippen LogP contribution in [0.15, 0.2) is 42.7 Å². The first-order valence-electron chi connectivity index (χ1n) is 5.97. The van der Waals surface area contributed by atoms with Gasteiger partial charge in [-0.3, -0.25) is 4.79 Å². The van der Waals surface area contributed by atoms with Crippen LogP contribution in [0, 0.1) is 5.82 Å². The highest BCUT2D eigenvalue weighted by Crippen LogP contribution is 2.13. The van der Waals surface area contributed by atoms with E-state index in [4.69, 9.17) is 4.74 Å². The van der Waals surface area contributed by atoms with Gasteiger partial charge in [0.05, 0.1) is 0 Å². The average molecular weight is 262 g/mol. The highest BCUT2D eigenvalue weighted by molar-refractivity contribution is 5.80. The Morgan fingerprint density at radius 2 is 2.11 bits per heavy atom. The summed E-state index contributed by atoms with van der Waals surface area (Å²) in [6.07, 6.45) is 2.97. The SMILES string of the molecule is CC(Oc1ccc(F)cc1)C(=O)NCc1cc[nH]c1. The highest BCUT2D eigenvalue weighted by Gasteiger charge is 2.14. The van der Waals surface area contributed by atoms with Crippen LogP contribution in [0.4, 0.5) is 4.39 Å². The summed E-state index contributed by atoms with van der Waals surface area (Å²) in [7, 11) is 0. The van der Waals surface area contributed by atoms with Crippen molar-refractivity contribution in [3.05, 3.63) is 54.1 Å². The zero-order valence-electron chi connectivity index (χ0n) is 10.5. The molecule has 2 rings (SSSR count). The molecule has 1 amide bonds. The zero-order valence-corrected chi connectivity index (χ0v) is 10.5. The molecular weight excluding hydrogens is 247 g/mol. The van der Waals surface area contributed by atoms with Gasteiger partial charge in [0.1, 0.15) is 11.6 Å². The van der Waals surface area contributed by atoms with Crippen LogP contribution in [0.3, 0.4) is 0 Å². The second-order valence-electron chi connectivity index (χ2n) is 4.15. The number of aromatic nitrogens is 1. The fourth-order valence-corrected chi connectivity index (χ4v) is 1.57. The van der Waals surface area contributed by atoms with Crippen LogP contribution in [0.25, 0.3) is 0 Å². The van der Waals surface area contributed by atoms with Gasteiger partial charge in [-0.2, -0.15) is 0 Å². The van der Waals surface area contributed by atoms with E-state index in [0.29, 0.717) is 12.3 Å². The van der Waals surface area contributed by atoms with Gasteiger partial charge in [-0.05, 0) is 42.8 Å². The first-order chi connectivity index (χ1) is 9.15. The molecule has 1 unspecified atom stereocenters. The standard InChI is InChI=1S/C14H15FN2O2/c1-10(19-13-4-2-12(15)3-5-13)14(18)17-9-11-6-7-16-8-11/h2-8,10,16H,9H2,1H3,(H,17,18). The van der Waals surface area contributed by atoms with Gasteiger partial charge < -0.3 is 15.0 Å². The van der Waals surface area contributed by atoms with Crippen LogP contribution < -0.4 is 10.1 Å². The molecule has 0 fully saturated rings. The first kappa shape index (κ1) is 13.1. The molecule has 1 aromatic carbocycles. The number of carbonyl (C=O) groups is 1. The van der Waals surface area contributed by atoms with Crippen LogP contribution in [0.5, 0.6) is 5.75 Å². The second kappa shape index (κ2) is 6.04. The minimum atomic E-state index is -0.635. The summed E-state index contributed by atoms with van der Waals surface area (Å²) in [6, 6.07) is 7.45. The van der Waals surface area contributed by atoms with Crippen molar-refractivity contribution < 1.29 is 13.9 Å². The summed E-state index contributed by atoms with van der Waals surface area (Å²) in [5.41, 5.74) is 0.988. The van der Waals surface area contributed by atoms with Crippen molar-refractivity contribution in [3.8, 4) is 5.75 Å². The monoisotopic (exact) mass is 262 g/mol. The van der Waals surface area contributed by atoms with Crippen molar-refractivity contribution in [2.45, 2.75) is 19.6 Å². The fraction of sp³-hybridized carbons (Fsp3) is 0.214. The molecule has 19 heavy (non-hydrogen) atoms. The van der Waals surface area contributed by atoms with E-state index in [0.717, 1.165) is 5.56 Å². The summed E-state index contributed by atoms with van der Waals surface area (Å²) in [5, 5.41) is 2.76. The van der Waals surface area contributed by atoms with Gasteiger partial charge in [-0.15, -0.1) is 0 Å². The van der Waals surface area contributed by atoms with E-state index < -0.39 is 6.10 Å². The van der Waals surface area contributed by atoms with Crippen molar-refractivity contribution in [3.63, 3.8) is 0 Å². The predicted octanol–water partition coefficient (Wildman–Crippen LogP) is 2.24. The molecule has 1 atom stereocenters. The molecule has 1 aromatic heterocycles. The number of H-pyrrole nitrogens is 1. The molecule has 100 valence electrons. The van der Waals surface area contributed by atoms with Crippen LogP contribution in [0.2, 0.25) is 0 Å². The Balaban J connectivity index is 1.83. The number of ether oxygens (including phenoxy) is 1. The molecule has 0 saturated heterocycles. The Kier molecular flexibility index (Phi) is 4.18. The maximum atomic E-state index is 12.7. The number of carbonyl (C=O) groups excluding carboxylic acids is 1. The third-order valence-corrected chi connectivity index (χ3v) is 2.62. The van der Waals surface area contributed by atoms with Crippen molar-refractivity contribution in [2.75, 3.05) is 0 Å². The number of nitrogens with one attached hydrogen (secondary N) is 2. The van der Waals surface area contributed by atoms with Gasteiger partial charge >= 0.3 is 0 Å². The van der Waals surface area contributed by atoms with Gasteiger partial charge in [0.2, 0.25) is 0 Å². The minimum Gasteiger partial charge on any atom is -0.481 e. The third kappa shape index (κ3) is 3.84. The number of rotatable bonds is 5. The molecule has 0 aliphatic rings. The van der Waals surface area contributed by atoms with E-state index in [1.807, 2.05) is 12.3 Å². The molecular formula is C14H15FN2O2. The van der Waals surface area contributed by atoms with Crippen LogP contribution >= 0.6 is 0 Å². The Labute approximate surface area is 110 Å². The number of benzene rings is 1. The summed E-state index contributed by atoms with van der Waals surface area (Å²) >= 11 is 0. The number of amides is 1. The molecule has 0 radical (unpaired) electrons. The van der Waals surface area contributed by atoms with Gasteiger partial charge in [-0.1, -0.05) is 0 Å². The van der Waals surface area contributed by atoms with Crippen LogP contribution in [0.1, 0.15) is 12.5 Å². The summed E-state index contributed by atoms with van der Waals surface area (Å²) in [6.45, 7) is 2.09. The third-order valence-electron chi connectivity index (χ3n) is 2.62. The maximum absolute atomic E-state index is 12.7. The number of aromatic amines is 1. The molecule has 0 spiro atoms. The summed E-state index contributed by atoms with van der Waals surface area (Å²) < 4.78 is 18.1. The van der Waals surface area contributed by atoms with E-state index >= 15 is 0 Å². The minimum absolute atomic E-state index is 0.217. The van der Waals surface area contributed by atoms with E-state index in [1.165, 1.54) is 24.3 Å². The Morgan fingerprint density at radius 3 is 2.74 bits per heavy atom. The molecule has 2 aromatic rings. The summed E-state index contributed by atoms with van der Waals surface area (Å²) in [4.78, 5) is 14.7. The fourth-order valence-electron chi connectivity index (χ4n) is 1.57. The molecule has 2 N–H and O–H groups in total. The van der Waals surface area contributed by atoms with Crippen LogP contribution in [-0.4, -0.2) is 17.0 Å². The largest absolute Gasteiger partial charge is 0.481 e. The Bertz CT molecular complexity index is 523. The lowest BCUT2D eigenvalue weighted by Gasteiger charge is -2.14. The van der Waals surface area contributed by atoms with Gasteiger partial charge in [0.25, 0.3) is 5.91 Å². The molecule has 5 heteroatoms. The average Bonchev–Trinajstić information content (AvgIpc) is 2.91. The van der Waals surface area contributed by atoms with Crippen molar-refractivity contribution in [1.29, 1.82) is 0 Å². The predicted molar refractivity (Wildman–Crippen MR) is 69.1 cm³/mol. The zero-order chi connectivity index (χ0) is 13.7. The van der Waals surface area contributed by atoms with Gasteiger partial charge in [-0.25, -0.2) is 4.39 Å². The Hall–Kier alpha value is -2.30. The smallest absolute Gasteiger partial charge is 0.261 e. The quantitative estimate of drug-likeness (QED) is 0.868. The number of hydrogen-bond donors (Lipinski definition) is 2. The van der Waals surface area contributed by atoms with E-state index in [9.17, 15) is 9.18 Å². The van der Waals surface area contributed by atoms with Gasteiger partial charge in [0, 0.05) is 18.9 Å². The number of hydrogen-bond acceptors (Lipinski definition) is 2. The summed E-state index contributed by atoms with van der Waals surface area (Å²) in [5.74, 6) is -0.0897. The van der Waals surface area contributed by atoms with Gasteiger partial charge in [0.15, 0.2) is 6.10 Å². The van der Waals surface area contributed by atoms with Crippen LogP contribution in [-0.2, 0) is 11.3 Å². The molecule has 1 heterocycles. The van der Waals surface area contributed by atoms with Crippen molar-refractivity contribution >= 4 is 5.91 Å². The number of halogens is 1. The van der Waals surface area contributed by atoms with Crippen molar-refractivity contribution in [2.24, 2.45) is 0 Å². The lowest BCUT2D eigenvalue weighted by molar-refractivity contribution is -0.127. The highest BCUT2D eigenvalue weighted by atomic mass is 19.1. The molecule has 0 saturated carbocycles. The second-order valence-corrected chi connectivity index (χ2v) is 4.15. The molecule has 0 bridgehead atoms. The Morgan fingerprint density at radius 1 is 1.37 bits per heavy atom. The van der Waals surface area contributed by atoms with Crippen molar-refractivity contribution in [1.82, 2.24) is 10.3 Å². The lowest BCUT2D eigenvalue weighted by atomic mass is 10.3. The van der Waals surface area contributed by atoms with E-state index in [1.54, 1.807) is 13.1 Å². The van der Waals surface area contributed by atoms with E-state index in [-0.39, 0.29) is 11.7 Å². The lowest BCUT2D eigenvalue weighted by Crippen LogP contribution is -2.35.